The number of nitrogens with one attached hydrogen (secondary N) is 2. The van der Waals surface area contributed by atoms with E-state index in [1.807, 2.05) is 0 Å². The van der Waals surface area contributed by atoms with Crippen molar-refractivity contribution in [3.05, 3.63) is 11.1 Å². The molecule has 1 fully saturated rings. The van der Waals surface area contributed by atoms with E-state index in [2.05, 4.69) is 32.5 Å². The predicted octanol–water partition coefficient (Wildman–Crippen LogP) is 0.814. The van der Waals surface area contributed by atoms with Gasteiger partial charge >= 0.3 is 0 Å². The van der Waals surface area contributed by atoms with Crippen molar-refractivity contribution in [2.24, 2.45) is 5.92 Å². The van der Waals surface area contributed by atoms with Crippen LogP contribution in [0.4, 0.5) is 0 Å². The molecule has 88 valence electrons. The molecule has 0 aromatic rings. The van der Waals surface area contributed by atoms with Gasteiger partial charge in [0.2, 0.25) is 10.0 Å². The second-order valence-corrected chi connectivity index (χ2v) is 6.81. The molecule has 1 saturated heterocycles. The Morgan fingerprint density at radius 2 is 2.33 bits per heavy atom. The quantitative estimate of drug-likeness (QED) is 0.790. The zero-order chi connectivity index (χ0) is 11.3. The van der Waals surface area contributed by atoms with Crippen molar-refractivity contribution in [3.8, 4) is 0 Å². The van der Waals surface area contributed by atoms with Crippen LogP contribution < -0.4 is 10.0 Å². The van der Waals surface area contributed by atoms with Gasteiger partial charge in [0.05, 0.1) is 5.75 Å². The van der Waals surface area contributed by atoms with Gasteiger partial charge in [0, 0.05) is 11.0 Å². The third-order valence-corrected chi connectivity index (χ3v) is 4.11. The SMILES string of the molecule is C=C(Br)CNS(=O)(=O)CC1CCCNC1. The van der Waals surface area contributed by atoms with Crippen molar-refractivity contribution in [2.45, 2.75) is 12.8 Å². The summed E-state index contributed by atoms with van der Waals surface area (Å²) >= 11 is 3.12. The Balaban J connectivity index is 2.37. The third kappa shape index (κ3) is 5.65. The van der Waals surface area contributed by atoms with Gasteiger partial charge in [0.25, 0.3) is 0 Å². The fourth-order valence-electron chi connectivity index (χ4n) is 1.62. The molecule has 0 aromatic carbocycles. The average molecular weight is 297 g/mol. The smallest absolute Gasteiger partial charge is 0.212 e. The molecular formula is C9H17BrN2O2S. The fraction of sp³-hybridized carbons (Fsp3) is 0.778. The molecule has 0 spiro atoms. The van der Waals surface area contributed by atoms with Gasteiger partial charge in [-0.25, -0.2) is 13.1 Å². The molecule has 1 atom stereocenters. The number of rotatable bonds is 5. The highest BCUT2D eigenvalue weighted by Crippen LogP contribution is 2.12. The first-order valence-electron chi connectivity index (χ1n) is 5.01. The highest BCUT2D eigenvalue weighted by atomic mass is 79.9. The minimum absolute atomic E-state index is 0.209. The minimum Gasteiger partial charge on any atom is -0.316 e. The Bertz CT molecular complexity index is 310. The van der Waals surface area contributed by atoms with E-state index in [0.29, 0.717) is 4.48 Å². The second kappa shape index (κ2) is 5.98. The Labute approximate surface area is 99.7 Å². The third-order valence-electron chi connectivity index (χ3n) is 2.34. The van der Waals surface area contributed by atoms with Gasteiger partial charge in [-0.3, -0.25) is 0 Å². The lowest BCUT2D eigenvalue weighted by molar-refractivity contribution is 0.403. The number of halogens is 1. The summed E-state index contributed by atoms with van der Waals surface area (Å²) in [5.41, 5.74) is 0. The lowest BCUT2D eigenvalue weighted by atomic mass is 10.0. The molecule has 0 amide bonds. The maximum atomic E-state index is 11.6. The average Bonchev–Trinajstić information content (AvgIpc) is 2.16. The van der Waals surface area contributed by atoms with E-state index in [1.165, 1.54) is 0 Å². The van der Waals surface area contributed by atoms with Gasteiger partial charge in [-0.2, -0.15) is 0 Å². The van der Waals surface area contributed by atoms with Crippen LogP contribution in [0.2, 0.25) is 0 Å². The molecule has 2 N–H and O–H groups in total. The van der Waals surface area contributed by atoms with Crippen LogP contribution in [0.25, 0.3) is 0 Å². The molecule has 0 saturated carbocycles. The molecular weight excluding hydrogens is 280 g/mol. The largest absolute Gasteiger partial charge is 0.316 e. The van der Waals surface area contributed by atoms with Gasteiger partial charge in [-0.15, -0.1) is 0 Å². The van der Waals surface area contributed by atoms with E-state index in [1.54, 1.807) is 0 Å². The fourth-order valence-corrected chi connectivity index (χ4v) is 3.37. The summed E-state index contributed by atoms with van der Waals surface area (Å²) in [5, 5.41) is 3.20. The number of sulfonamides is 1. The Hall–Kier alpha value is 0.0900. The first-order chi connectivity index (χ1) is 6.99. The zero-order valence-corrected chi connectivity index (χ0v) is 11.0. The summed E-state index contributed by atoms with van der Waals surface area (Å²) in [7, 11) is -3.16. The van der Waals surface area contributed by atoms with Crippen LogP contribution in [-0.2, 0) is 10.0 Å². The molecule has 0 bridgehead atoms. The number of piperidine rings is 1. The highest BCUT2D eigenvalue weighted by molar-refractivity contribution is 9.11. The Morgan fingerprint density at radius 1 is 1.60 bits per heavy atom. The summed E-state index contributed by atoms with van der Waals surface area (Å²) in [6, 6.07) is 0. The molecule has 1 heterocycles. The van der Waals surface area contributed by atoms with Gasteiger partial charge in [-0.05, 0) is 31.8 Å². The monoisotopic (exact) mass is 296 g/mol. The van der Waals surface area contributed by atoms with Crippen LogP contribution in [-0.4, -0.2) is 33.8 Å². The Morgan fingerprint density at radius 3 is 2.87 bits per heavy atom. The van der Waals surface area contributed by atoms with Crippen molar-refractivity contribution in [1.29, 1.82) is 0 Å². The first-order valence-corrected chi connectivity index (χ1v) is 7.45. The van der Waals surface area contributed by atoms with E-state index >= 15 is 0 Å². The lowest BCUT2D eigenvalue weighted by Crippen LogP contribution is -2.37. The van der Waals surface area contributed by atoms with E-state index in [4.69, 9.17) is 0 Å². The molecule has 0 aliphatic carbocycles. The maximum Gasteiger partial charge on any atom is 0.212 e. The molecule has 1 unspecified atom stereocenters. The van der Waals surface area contributed by atoms with Crippen LogP contribution in [0.3, 0.4) is 0 Å². The zero-order valence-electron chi connectivity index (χ0n) is 8.63. The lowest BCUT2D eigenvalue weighted by Gasteiger charge is -2.22. The molecule has 15 heavy (non-hydrogen) atoms. The standard InChI is InChI=1S/C9H17BrN2O2S/c1-8(10)5-12-15(13,14)7-9-3-2-4-11-6-9/h9,11-12H,1-7H2. The van der Waals surface area contributed by atoms with Crippen molar-refractivity contribution in [3.63, 3.8) is 0 Å². The minimum atomic E-state index is -3.16. The highest BCUT2D eigenvalue weighted by Gasteiger charge is 2.20. The summed E-state index contributed by atoms with van der Waals surface area (Å²) in [6.45, 7) is 5.65. The topological polar surface area (TPSA) is 58.2 Å². The number of hydrogen-bond donors (Lipinski definition) is 2. The van der Waals surface area contributed by atoms with Gasteiger partial charge in [-0.1, -0.05) is 22.5 Å². The van der Waals surface area contributed by atoms with Crippen molar-refractivity contribution >= 4 is 26.0 Å². The predicted molar refractivity (Wildman–Crippen MR) is 65.5 cm³/mol. The molecule has 0 radical (unpaired) electrons. The van der Waals surface area contributed by atoms with Crippen molar-refractivity contribution in [2.75, 3.05) is 25.4 Å². The molecule has 0 aromatic heterocycles. The van der Waals surface area contributed by atoms with Crippen molar-refractivity contribution < 1.29 is 8.42 Å². The molecule has 4 nitrogen and oxygen atoms in total. The van der Waals surface area contributed by atoms with Gasteiger partial charge < -0.3 is 5.32 Å². The van der Waals surface area contributed by atoms with Gasteiger partial charge in [0.15, 0.2) is 0 Å². The van der Waals surface area contributed by atoms with Gasteiger partial charge in [0.1, 0.15) is 0 Å². The van der Waals surface area contributed by atoms with Crippen LogP contribution in [0.5, 0.6) is 0 Å². The van der Waals surface area contributed by atoms with Crippen LogP contribution in [0.1, 0.15) is 12.8 Å². The van der Waals surface area contributed by atoms with Crippen LogP contribution >= 0.6 is 15.9 Å². The summed E-state index contributed by atoms with van der Waals surface area (Å²) in [5.74, 6) is 0.445. The second-order valence-electron chi connectivity index (χ2n) is 3.83. The van der Waals surface area contributed by atoms with Crippen LogP contribution in [0.15, 0.2) is 11.1 Å². The van der Waals surface area contributed by atoms with E-state index < -0.39 is 10.0 Å². The first kappa shape index (κ1) is 13.2. The summed E-state index contributed by atoms with van der Waals surface area (Å²) in [4.78, 5) is 0. The van der Waals surface area contributed by atoms with E-state index in [9.17, 15) is 8.42 Å². The van der Waals surface area contributed by atoms with E-state index in [0.717, 1.165) is 25.9 Å². The summed E-state index contributed by atoms with van der Waals surface area (Å²) < 4.78 is 26.4. The normalized spacial score (nSPS) is 22.6. The molecule has 1 rings (SSSR count). The molecule has 1 aliphatic rings. The van der Waals surface area contributed by atoms with Crippen molar-refractivity contribution in [1.82, 2.24) is 10.0 Å². The molecule has 1 aliphatic heterocycles. The van der Waals surface area contributed by atoms with E-state index in [-0.39, 0.29) is 18.2 Å². The maximum absolute atomic E-state index is 11.6. The van der Waals surface area contributed by atoms with Crippen LogP contribution in [0, 0.1) is 5.92 Å². The number of hydrogen-bond acceptors (Lipinski definition) is 3. The molecule has 6 heteroatoms. The Kier molecular flexibility index (Phi) is 5.25. The summed E-state index contributed by atoms with van der Waals surface area (Å²) in [6.07, 6.45) is 2.05.